The maximum Gasteiger partial charge on any atom is 0.373 e. The number of rotatable bonds is 5. The topological polar surface area (TPSA) is 90.2 Å². The molecule has 1 N–H and O–H groups in total. The van der Waals surface area contributed by atoms with E-state index in [9.17, 15) is 14.5 Å². The molecule has 0 unspecified atom stereocenters. The lowest BCUT2D eigenvalue weighted by Gasteiger charge is -2.09. The van der Waals surface area contributed by atoms with E-state index in [0.29, 0.717) is 12.1 Å². The van der Waals surface area contributed by atoms with E-state index in [1.54, 1.807) is 26.0 Å². The summed E-state index contributed by atoms with van der Waals surface area (Å²) in [4.78, 5) is 18.0. The Hall–Kier alpha value is -2.77. The SMILES string of the molecule is CCNc1ncnc(Oc2cccc(C)c2F)c1[N+](=O)[O-]. The molecule has 0 aliphatic rings. The van der Waals surface area contributed by atoms with Gasteiger partial charge in [0.05, 0.1) is 4.92 Å². The molecule has 0 atom stereocenters. The van der Waals surface area contributed by atoms with Crippen molar-refractivity contribution in [2.24, 2.45) is 0 Å². The average Bonchev–Trinajstić information content (AvgIpc) is 2.44. The van der Waals surface area contributed by atoms with Crippen LogP contribution in [0.25, 0.3) is 0 Å². The summed E-state index contributed by atoms with van der Waals surface area (Å²) in [5.74, 6) is -0.995. The third-order valence-electron chi connectivity index (χ3n) is 2.68. The van der Waals surface area contributed by atoms with Crippen molar-refractivity contribution in [3.63, 3.8) is 0 Å². The van der Waals surface area contributed by atoms with Gasteiger partial charge in [-0.15, -0.1) is 0 Å². The molecule has 1 heterocycles. The molecule has 1 aromatic heterocycles. The van der Waals surface area contributed by atoms with Crippen molar-refractivity contribution in [1.82, 2.24) is 9.97 Å². The fraction of sp³-hybridized carbons (Fsp3) is 0.231. The molecule has 0 fully saturated rings. The van der Waals surface area contributed by atoms with E-state index in [-0.39, 0.29) is 17.4 Å². The minimum Gasteiger partial charge on any atom is -0.430 e. The smallest absolute Gasteiger partial charge is 0.373 e. The van der Waals surface area contributed by atoms with Gasteiger partial charge in [-0.3, -0.25) is 10.1 Å². The van der Waals surface area contributed by atoms with Crippen molar-refractivity contribution in [2.45, 2.75) is 13.8 Å². The molecule has 0 radical (unpaired) electrons. The number of hydrogen-bond donors (Lipinski definition) is 1. The lowest BCUT2D eigenvalue weighted by Crippen LogP contribution is -2.06. The Kier molecular flexibility index (Phi) is 4.27. The van der Waals surface area contributed by atoms with Gasteiger partial charge in [0, 0.05) is 6.54 Å². The van der Waals surface area contributed by atoms with Gasteiger partial charge in [0.1, 0.15) is 6.33 Å². The second-order valence-electron chi connectivity index (χ2n) is 4.15. The highest BCUT2D eigenvalue weighted by molar-refractivity contribution is 5.61. The van der Waals surface area contributed by atoms with Crippen LogP contribution in [0.15, 0.2) is 24.5 Å². The number of halogens is 1. The van der Waals surface area contributed by atoms with E-state index in [1.165, 1.54) is 6.07 Å². The van der Waals surface area contributed by atoms with E-state index in [2.05, 4.69) is 15.3 Å². The third kappa shape index (κ3) is 3.04. The van der Waals surface area contributed by atoms with Crippen molar-refractivity contribution in [3.8, 4) is 11.6 Å². The predicted molar refractivity (Wildman–Crippen MR) is 74.1 cm³/mol. The molecule has 110 valence electrons. The number of anilines is 1. The number of hydrogen-bond acceptors (Lipinski definition) is 6. The van der Waals surface area contributed by atoms with Gasteiger partial charge in [-0.2, -0.15) is 4.98 Å². The Labute approximate surface area is 120 Å². The molecule has 0 aliphatic carbocycles. The van der Waals surface area contributed by atoms with Crippen LogP contribution in [0.2, 0.25) is 0 Å². The van der Waals surface area contributed by atoms with Gasteiger partial charge in [-0.05, 0) is 25.5 Å². The molecular formula is C13H13FN4O3. The first-order valence-electron chi connectivity index (χ1n) is 6.20. The first-order chi connectivity index (χ1) is 10.0. The summed E-state index contributed by atoms with van der Waals surface area (Å²) in [6, 6.07) is 4.54. The zero-order chi connectivity index (χ0) is 15.4. The van der Waals surface area contributed by atoms with Gasteiger partial charge in [-0.1, -0.05) is 12.1 Å². The molecule has 0 bridgehead atoms. The van der Waals surface area contributed by atoms with Crippen LogP contribution in [0.3, 0.4) is 0 Å². The minimum atomic E-state index is -0.666. The molecule has 0 amide bonds. The third-order valence-corrected chi connectivity index (χ3v) is 2.68. The zero-order valence-corrected chi connectivity index (χ0v) is 11.5. The van der Waals surface area contributed by atoms with Crippen LogP contribution < -0.4 is 10.1 Å². The quantitative estimate of drug-likeness (QED) is 0.672. The first kappa shape index (κ1) is 14.6. The highest BCUT2D eigenvalue weighted by Gasteiger charge is 2.25. The number of nitrogens with one attached hydrogen (secondary N) is 1. The molecule has 2 aromatic rings. The van der Waals surface area contributed by atoms with Crippen molar-refractivity contribution in [2.75, 3.05) is 11.9 Å². The first-order valence-corrected chi connectivity index (χ1v) is 6.20. The number of nitrogens with zero attached hydrogens (tertiary/aromatic N) is 3. The Morgan fingerprint density at radius 1 is 1.43 bits per heavy atom. The molecular weight excluding hydrogens is 279 g/mol. The van der Waals surface area contributed by atoms with Gasteiger partial charge >= 0.3 is 11.6 Å². The predicted octanol–water partition coefficient (Wildman–Crippen LogP) is 3.06. The fourth-order valence-electron chi connectivity index (χ4n) is 1.70. The molecule has 0 saturated carbocycles. The maximum absolute atomic E-state index is 13.9. The fourth-order valence-corrected chi connectivity index (χ4v) is 1.70. The van der Waals surface area contributed by atoms with Crippen molar-refractivity contribution >= 4 is 11.5 Å². The largest absolute Gasteiger partial charge is 0.430 e. The highest BCUT2D eigenvalue weighted by Crippen LogP contribution is 2.35. The summed E-state index contributed by atoms with van der Waals surface area (Å²) in [5.41, 5.74) is -0.0589. The number of benzene rings is 1. The highest BCUT2D eigenvalue weighted by atomic mass is 19.1. The monoisotopic (exact) mass is 292 g/mol. The van der Waals surface area contributed by atoms with Crippen LogP contribution in [0.4, 0.5) is 15.9 Å². The second-order valence-corrected chi connectivity index (χ2v) is 4.15. The van der Waals surface area contributed by atoms with E-state index < -0.39 is 16.4 Å². The zero-order valence-electron chi connectivity index (χ0n) is 11.5. The summed E-state index contributed by atoms with van der Waals surface area (Å²) in [6.45, 7) is 3.78. The van der Waals surface area contributed by atoms with Crippen LogP contribution in [-0.4, -0.2) is 21.4 Å². The summed E-state index contributed by atoms with van der Waals surface area (Å²) < 4.78 is 19.2. The van der Waals surface area contributed by atoms with E-state index in [0.717, 1.165) is 6.33 Å². The van der Waals surface area contributed by atoms with Crippen LogP contribution in [0.5, 0.6) is 11.6 Å². The van der Waals surface area contributed by atoms with Crippen LogP contribution in [0.1, 0.15) is 12.5 Å². The number of ether oxygens (including phenoxy) is 1. The molecule has 1 aromatic carbocycles. The van der Waals surface area contributed by atoms with Gasteiger partial charge in [0.25, 0.3) is 0 Å². The standard InChI is InChI=1S/C13H13FN4O3/c1-3-15-12-11(18(19)20)13(17-7-16-12)21-9-6-4-5-8(2)10(9)14/h4-7H,3H2,1-2H3,(H,15,16,17). The lowest BCUT2D eigenvalue weighted by atomic mass is 10.2. The van der Waals surface area contributed by atoms with E-state index >= 15 is 0 Å². The minimum absolute atomic E-state index is 0.0283. The van der Waals surface area contributed by atoms with Gasteiger partial charge in [0.2, 0.25) is 5.82 Å². The Morgan fingerprint density at radius 3 is 2.86 bits per heavy atom. The molecule has 0 spiro atoms. The van der Waals surface area contributed by atoms with Crippen molar-refractivity contribution in [3.05, 3.63) is 46.0 Å². The van der Waals surface area contributed by atoms with Crippen molar-refractivity contribution in [1.29, 1.82) is 0 Å². The van der Waals surface area contributed by atoms with Crippen LogP contribution >= 0.6 is 0 Å². The molecule has 2 rings (SSSR count). The van der Waals surface area contributed by atoms with Gasteiger partial charge < -0.3 is 10.1 Å². The Balaban J connectivity index is 2.46. The number of nitro groups is 1. The normalized spacial score (nSPS) is 10.2. The summed E-state index contributed by atoms with van der Waals surface area (Å²) >= 11 is 0. The van der Waals surface area contributed by atoms with Gasteiger partial charge in [0.15, 0.2) is 11.6 Å². The van der Waals surface area contributed by atoms with Crippen molar-refractivity contribution < 1.29 is 14.1 Å². The van der Waals surface area contributed by atoms with Crippen LogP contribution in [-0.2, 0) is 0 Å². The van der Waals surface area contributed by atoms with Gasteiger partial charge in [-0.25, -0.2) is 9.37 Å². The average molecular weight is 292 g/mol. The number of aryl methyl sites for hydroxylation is 1. The molecule has 7 nitrogen and oxygen atoms in total. The van der Waals surface area contributed by atoms with Crippen LogP contribution in [0, 0.1) is 22.9 Å². The molecule has 8 heteroatoms. The Bertz CT molecular complexity index is 678. The lowest BCUT2D eigenvalue weighted by molar-refractivity contribution is -0.385. The second kappa shape index (κ2) is 6.12. The molecule has 0 saturated heterocycles. The summed E-state index contributed by atoms with van der Waals surface area (Å²) in [6.07, 6.45) is 1.12. The maximum atomic E-state index is 13.9. The van der Waals surface area contributed by atoms with E-state index in [1.807, 2.05) is 0 Å². The summed E-state index contributed by atoms with van der Waals surface area (Å²) in [7, 11) is 0. The van der Waals surface area contributed by atoms with E-state index in [4.69, 9.17) is 4.74 Å². The molecule has 21 heavy (non-hydrogen) atoms. The molecule has 0 aliphatic heterocycles. The Morgan fingerprint density at radius 2 is 2.19 bits per heavy atom. The summed E-state index contributed by atoms with van der Waals surface area (Å²) in [5, 5.41) is 13.9. The number of aromatic nitrogens is 2.